The fourth-order valence-corrected chi connectivity index (χ4v) is 3.78. The van der Waals surface area contributed by atoms with E-state index in [2.05, 4.69) is 45.4 Å². The minimum Gasteiger partial charge on any atom is -0.380 e. The number of fused-ring (bicyclic) bond motifs is 1. The summed E-state index contributed by atoms with van der Waals surface area (Å²) in [6, 6.07) is 10.7. The summed E-state index contributed by atoms with van der Waals surface area (Å²) in [7, 11) is 0. The van der Waals surface area contributed by atoms with Gasteiger partial charge in [-0.1, -0.05) is 35.5 Å². The number of ether oxygens (including phenoxy) is 1. The maximum Gasteiger partial charge on any atom is 0.232 e. The van der Waals surface area contributed by atoms with Crippen LogP contribution in [0.4, 0.5) is 0 Å². The average molecular weight is 299 g/mol. The van der Waals surface area contributed by atoms with Gasteiger partial charge in [0.2, 0.25) is 5.89 Å². The molecule has 0 saturated carbocycles. The van der Waals surface area contributed by atoms with Crippen LogP contribution < -0.4 is 0 Å². The highest BCUT2D eigenvalue weighted by molar-refractivity contribution is 5.15. The van der Waals surface area contributed by atoms with E-state index in [4.69, 9.17) is 9.26 Å². The monoisotopic (exact) mass is 299 g/mol. The first-order valence-electron chi connectivity index (χ1n) is 7.94. The molecule has 0 aliphatic carbocycles. The zero-order valence-corrected chi connectivity index (χ0v) is 12.8. The van der Waals surface area contributed by atoms with E-state index < -0.39 is 0 Å². The van der Waals surface area contributed by atoms with Crippen molar-refractivity contribution in [2.24, 2.45) is 11.8 Å². The molecule has 0 unspecified atom stereocenters. The molecule has 0 radical (unpaired) electrons. The molecular formula is C17H21N3O2. The standard InChI is InChI=1S/C17H21N3O2/c1-12-18-17(22-19-12)16-11-21-10-14-8-20(9-15(14)16)7-13-5-3-2-4-6-13/h2-6,14-16H,7-11H2,1H3/t14-,15-,16+/m0/s1. The fraction of sp³-hybridized carbons (Fsp3) is 0.529. The van der Waals surface area contributed by atoms with Crippen LogP contribution in [0.5, 0.6) is 0 Å². The first-order valence-corrected chi connectivity index (χ1v) is 7.94. The molecule has 0 N–H and O–H groups in total. The lowest BCUT2D eigenvalue weighted by Crippen LogP contribution is -2.33. The highest BCUT2D eigenvalue weighted by atomic mass is 16.5. The van der Waals surface area contributed by atoms with Gasteiger partial charge in [0, 0.05) is 19.6 Å². The van der Waals surface area contributed by atoms with Crippen LogP contribution in [0.1, 0.15) is 23.2 Å². The normalized spacial score (nSPS) is 28.7. The predicted molar refractivity (Wildman–Crippen MR) is 81.3 cm³/mol. The van der Waals surface area contributed by atoms with E-state index in [0.29, 0.717) is 24.3 Å². The van der Waals surface area contributed by atoms with Crippen LogP contribution in [0.3, 0.4) is 0 Å². The Morgan fingerprint density at radius 1 is 1.18 bits per heavy atom. The Hall–Kier alpha value is -1.72. The molecule has 5 heteroatoms. The van der Waals surface area contributed by atoms with E-state index in [1.165, 1.54) is 5.56 Å². The topological polar surface area (TPSA) is 51.4 Å². The molecule has 0 bridgehead atoms. The summed E-state index contributed by atoms with van der Waals surface area (Å²) in [6.07, 6.45) is 0. The number of hydrogen-bond acceptors (Lipinski definition) is 5. The second-order valence-corrected chi connectivity index (χ2v) is 6.43. The summed E-state index contributed by atoms with van der Waals surface area (Å²) < 4.78 is 11.2. The van der Waals surface area contributed by atoms with Crippen molar-refractivity contribution in [1.82, 2.24) is 15.0 Å². The first kappa shape index (κ1) is 13.9. The van der Waals surface area contributed by atoms with Gasteiger partial charge >= 0.3 is 0 Å². The van der Waals surface area contributed by atoms with Crippen LogP contribution in [-0.2, 0) is 11.3 Å². The Labute approximate surface area is 130 Å². The zero-order valence-electron chi connectivity index (χ0n) is 12.8. The second kappa shape index (κ2) is 5.82. The van der Waals surface area contributed by atoms with Crippen LogP contribution in [0.2, 0.25) is 0 Å². The van der Waals surface area contributed by atoms with Crippen LogP contribution in [0, 0.1) is 18.8 Å². The van der Waals surface area contributed by atoms with Gasteiger partial charge in [0.25, 0.3) is 0 Å². The number of benzene rings is 1. The van der Waals surface area contributed by atoms with Gasteiger partial charge in [-0.15, -0.1) is 0 Å². The van der Waals surface area contributed by atoms with E-state index in [1.54, 1.807) is 0 Å². The third-order valence-electron chi connectivity index (χ3n) is 4.82. The van der Waals surface area contributed by atoms with E-state index in [9.17, 15) is 0 Å². The van der Waals surface area contributed by atoms with Gasteiger partial charge in [-0.25, -0.2) is 0 Å². The molecule has 2 aromatic rings. The molecule has 2 aliphatic rings. The van der Waals surface area contributed by atoms with Crippen molar-refractivity contribution >= 4 is 0 Å². The molecule has 0 spiro atoms. The van der Waals surface area contributed by atoms with Crippen molar-refractivity contribution in [3.05, 3.63) is 47.6 Å². The molecule has 2 saturated heterocycles. The van der Waals surface area contributed by atoms with Gasteiger partial charge in [-0.3, -0.25) is 4.90 Å². The molecular weight excluding hydrogens is 278 g/mol. The number of likely N-dealkylation sites (tertiary alicyclic amines) is 1. The average Bonchev–Trinajstić information content (AvgIpc) is 3.13. The van der Waals surface area contributed by atoms with Crippen molar-refractivity contribution in [3.8, 4) is 0 Å². The molecule has 116 valence electrons. The predicted octanol–water partition coefficient (Wildman–Crippen LogP) is 2.24. The molecule has 2 aliphatic heterocycles. The lowest BCUT2D eigenvalue weighted by atomic mass is 9.83. The van der Waals surface area contributed by atoms with Crippen molar-refractivity contribution in [3.63, 3.8) is 0 Å². The summed E-state index contributed by atoms with van der Waals surface area (Å²) in [5.74, 6) is 2.80. The van der Waals surface area contributed by atoms with Crippen molar-refractivity contribution < 1.29 is 9.26 Å². The molecule has 22 heavy (non-hydrogen) atoms. The Balaban J connectivity index is 1.48. The van der Waals surface area contributed by atoms with Crippen LogP contribution >= 0.6 is 0 Å². The van der Waals surface area contributed by atoms with Gasteiger partial charge in [0.05, 0.1) is 19.1 Å². The van der Waals surface area contributed by atoms with E-state index >= 15 is 0 Å². The minimum atomic E-state index is 0.237. The van der Waals surface area contributed by atoms with Crippen LogP contribution in [0.15, 0.2) is 34.9 Å². The molecule has 1 aromatic carbocycles. The maximum atomic E-state index is 5.80. The zero-order chi connectivity index (χ0) is 14.9. The van der Waals surface area contributed by atoms with Gasteiger partial charge in [0.1, 0.15) is 0 Å². The number of aryl methyl sites for hydroxylation is 1. The molecule has 1 aromatic heterocycles. The smallest absolute Gasteiger partial charge is 0.232 e. The fourth-order valence-electron chi connectivity index (χ4n) is 3.78. The largest absolute Gasteiger partial charge is 0.380 e. The van der Waals surface area contributed by atoms with E-state index in [-0.39, 0.29) is 5.92 Å². The molecule has 5 nitrogen and oxygen atoms in total. The van der Waals surface area contributed by atoms with E-state index in [1.807, 2.05) is 6.92 Å². The SMILES string of the molecule is Cc1noc([C@@H]2COC[C@@H]3CN(Cc4ccccc4)C[C@@H]32)n1. The van der Waals surface area contributed by atoms with Gasteiger partial charge in [-0.2, -0.15) is 4.98 Å². The number of aromatic nitrogens is 2. The van der Waals surface area contributed by atoms with Crippen molar-refractivity contribution in [2.75, 3.05) is 26.3 Å². The quantitative estimate of drug-likeness (QED) is 0.870. The Bertz CT molecular complexity index is 628. The first-order chi connectivity index (χ1) is 10.8. The Morgan fingerprint density at radius 3 is 2.82 bits per heavy atom. The van der Waals surface area contributed by atoms with E-state index in [0.717, 1.165) is 32.1 Å². The second-order valence-electron chi connectivity index (χ2n) is 6.43. The maximum absolute atomic E-state index is 5.80. The van der Waals surface area contributed by atoms with Crippen molar-refractivity contribution in [1.29, 1.82) is 0 Å². The minimum absolute atomic E-state index is 0.237. The van der Waals surface area contributed by atoms with Gasteiger partial charge in [0.15, 0.2) is 5.82 Å². The summed E-state index contributed by atoms with van der Waals surface area (Å²) in [4.78, 5) is 6.95. The third-order valence-corrected chi connectivity index (χ3v) is 4.82. The van der Waals surface area contributed by atoms with Crippen LogP contribution in [-0.4, -0.2) is 41.3 Å². The lowest BCUT2D eigenvalue weighted by molar-refractivity contribution is 0.00991. The van der Waals surface area contributed by atoms with Gasteiger partial charge in [-0.05, 0) is 24.3 Å². The molecule has 3 heterocycles. The van der Waals surface area contributed by atoms with Crippen LogP contribution in [0.25, 0.3) is 0 Å². The molecule has 4 rings (SSSR count). The highest BCUT2D eigenvalue weighted by Gasteiger charge is 2.43. The Kier molecular flexibility index (Phi) is 3.68. The third kappa shape index (κ3) is 2.66. The van der Waals surface area contributed by atoms with Gasteiger partial charge < -0.3 is 9.26 Å². The van der Waals surface area contributed by atoms with Crippen molar-refractivity contribution in [2.45, 2.75) is 19.4 Å². The summed E-state index contributed by atoms with van der Waals surface area (Å²) in [5.41, 5.74) is 1.37. The summed E-state index contributed by atoms with van der Waals surface area (Å²) >= 11 is 0. The number of hydrogen-bond donors (Lipinski definition) is 0. The number of nitrogens with zero attached hydrogens (tertiary/aromatic N) is 3. The number of rotatable bonds is 3. The molecule has 3 atom stereocenters. The summed E-state index contributed by atoms with van der Waals surface area (Å²) in [6.45, 7) is 6.58. The highest BCUT2D eigenvalue weighted by Crippen LogP contribution is 2.39. The molecule has 2 fully saturated rings. The Morgan fingerprint density at radius 2 is 2.05 bits per heavy atom. The molecule has 0 amide bonds. The summed E-state index contributed by atoms with van der Waals surface area (Å²) in [5, 5.41) is 3.94. The lowest BCUT2D eigenvalue weighted by Gasteiger charge is -2.30.